The molecule has 0 amide bonds. The van der Waals surface area contributed by atoms with Gasteiger partial charge in [0.15, 0.2) is 0 Å². The Morgan fingerprint density at radius 3 is 2.93 bits per heavy atom. The van der Waals surface area contributed by atoms with Gasteiger partial charge in [-0.2, -0.15) is 0 Å². The molecule has 0 aliphatic carbocycles. The number of hydrogen-bond donors (Lipinski definition) is 0. The van der Waals surface area contributed by atoms with Crippen molar-refractivity contribution in [1.29, 1.82) is 0 Å². The van der Waals surface area contributed by atoms with Crippen molar-refractivity contribution in [1.82, 2.24) is 14.8 Å². The van der Waals surface area contributed by atoms with Gasteiger partial charge in [0.2, 0.25) is 4.73 Å². The minimum absolute atomic E-state index is 0.116. The Bertz CT molecular complexity index is 346. The smallest absolute Gasteiger partial charge is 0.332 e. The van der Waals surface area contributed by atoms with Crippen LogP contribution >= 0.6 is 15.9 Å². The van der Waals surface area contributed by atoms with Gasteiger partial charge >= 0.3 is 5.97 Å². The van der Waals surface area contributed by atoms with E-state index in [1.807, 2.05) is 0 Å². The fraction of sp³-hybridized carbons (Fsp3) is 0.375. The van der Waals surface area contributed by atoms with Crippen LogP contribution in [0.3, 0.4) is 0 Å². The minimum atomic E-state index is -0.397. The van der Waals surface area contributed by atoms with E-state index >= 15 is 0 Å². The molecule has 0 atom stereocenters. The van der Waals surface area contributed by atoms with Crippen LogP contribution in [0.5, 0.6) is 0 Å². The molecule has 0 saturated carbocycles. The normalized spacial score (nSPS) is 11.1. The summed E-state index contributed by atoms with van der Waals surface area (Å²) in [6.45, 7) is 3.58. The number of carbonyl (C=O) groups excluding carboxylic acids is 1. The molecule has 1 aromatic heterocycles. The van der Waals surface area contributed by atoms with Gasteiger partial charge in [0.25, 0.3) is 0 Å². The third-order valence-electron chi connectivity index (χ3n) is 1.20. The summed E-state index contributed by atoms with van der Waals surface area (Å²) >= 11 is 3.09. The fourth-order valence-corrected chi connectivity index (χ4v) is 1.01. The minimum Gasteiger partial charge on any atom is -0.460 e. The van der Waals surface area contributed by atoms with E-state index in [-0.39, 0.29) is 6.10 Å². The number of rotatable bonds is 3. The van der Waals surface area contributed by atoms with Gasteiger partial charge in [-0.05, 0) is 29.8 Å². The van der Waals surface area contributed by atoms with Crippen molar-refractivity contribution in [3.63, 3.8) is 0 Å². The van der Waals surface area contributed by atoms with E-state index in [4.69, 9.17) is 4.74 Å². The molecule has 0 aliphatic heterocycles. The molecule has 76 valence electrons. The van der Waals surface area contributed by atoms with Crippen molar-refractivity contribution in [2.75, 3.05) is 0 Å². The highest BCUT2D eigenvalue weighted by atomic mass is 79.9. The van der Waals surface area contributed by atoms with Crippen LogP contribution in [0.2, 0.25) is 0 Å². The highest BCUT2D eigenvalue weighted by Crippen LogP contribution is 1.99. The van der Waals surface area contributed by atoms with Crippen LogP contribution in [0.4, 0.5) is 0 Å². The first kappa shape index (κ1) is 10.9. The summed E-state index contributed by atoms with van der Waals surface area (Å²) in [5.41, 5.74) is 0. The molecule has 1 rings (SSSR count). The lowest BCUT2D eigenvalue weighted by Gasteiger charge is -2.03. The van der Waals surface area contributed by atoms with Gasteiger partial charge < -0.3 is 4.74 Å². The predicted molar refractivity (Wildman–Crippen MR) is 54.3 cm³/mol. The first-order valence-electron chi connectivity index (χ1n) is 4.03. The first-order chi connectivity index (χ1) is 6.58. The van der Waals surface area contributed by atoms with Crippen molar-refractivity contribution in [2.24, 2.45) is 0 Å². The van der Waals surface area contributed by atoms with Gasteiger partial charge in [-0.1, -0.05) is 0 Å². The second-order valence-corrected chi connectivity index (χ2v) is 3.50. The van der Waals surface area contributed by atoms with Gasteiger partial charge in [-0.25, -0.2) is 14.5 Å². The van der Waals surface area contributed by atoms with Gasteiger partial charge in [0.05, 0.1) is 6.10 Å². The number of carbonyl (C=O) groups is 1. The molecule has 0 N–H and O–H groups in total. The number of hydrogen-bond acceptors (Lipinski definition) is 4. The summed E-state index contributed by atoms with van der Waals surface area (Å²) in [7, 11) is 0. The molecule has 0 aliphatic rings. The Morgan fingerprint density at radius 1 is 1.71 bits per heavy atom. The summed E-state index contributed by atoms with van der Waals surface area (Å²) < 4.78 is 6.76. The molecule has 1 aromatic rings. The number of nitrogens with zero attached hydrogens (tertiary/aromatic N) is 3. The van der Waals surface area contributed by atoms with Crippen LogP contribution in [0.25, 0.3) is 6.20 Å². The Hall–Kier alpha value is -1.17. The summed E-state index contributed by atoms with van der Waals surface area (Å²) in [4.78, 5) is 14.9. The van der Waals surface area contributed by atoms with Crippen molar-refractivity contribution < 1.29 is 9.53 Å². The average molecular weight is 260 g/mol. The van der Waals surface area contributed by atoms with E-state index in [0.717, 1.165) is 0 Å². The molecule has 0 bridgehead atoms. The third kappa shape index (κ3) is 3.69. The molecular formula is C8H10BrN3O2. The zero-order valence-electron chi connectivity index (χ0n) is 7.85. The van der Waals surface area contributed by atoms with E-state index in [1.165, 1.54) is 23.3 Å². The van der Waals surface area contributed by atoms with Crippen molar-refractivity contribution in [3.05, 3.63) is 17.1 Å². The van der Waals surface area contributed by atoms with Gasteiger partial charge in [-0.15, -0.1) is 5.10 Å². The first-order valence-corrected chi connectivity index (χ1v) is 4.82. The summed E-state index contributed by atoms with van der Waals surface area (Å²) in [5, 5.41) is 3.89. The molecule has 1 heterocycles. The van der Waals surface area contributed by atoms with Gasteiger partial charge in [-0.3, -0.25) is 0 Å². The highest BCUT2D eigenvalue weighted by Gasteiger charge is 2.00. The standard InChI is InChI=1S/C8H10BrN3O2/c1-6(2)14-7(13)3-4-12-5-10-8(9)11-12/h3-6H,1-2H3/b4-3+. The van der Waals surface area contributed by atoms with Crippen LogP contribution in [0, 0.1) is 0 Å². The Morgan fingerprint density at radius 2 is 2.43 bits per heavy atom. The van der Waals surface area contributed by atoms with E-state index in [9.17, 15) is 4.79 Å². The molecule has 0 spiro atoms. The molecule has 0 unspecified atom stereocenters. The van der Waals surface area contributed by atoms with Gasteiger partial charge in [0.1, 0.15) is 6.33 Å². The second-order valence-electron chi connectivity index (χ2n) is 2.79. The molecule has 0 fully saturated rings. The molecule has 0 saturated heterocycles. The zero-order chi connectivity index (χ0) is 10.6. The molecule has 0 aromatic carbocycles. The number of aromatic nitrogens is 3. The lowest BCUT2D eigenvalue weighted by molar-refractivity contribution is -0.141. The topological polar surface area (TPSA) is 57.0 Å². The average Bonchev–Trinajstić information content (AvgIpc) is 2.47. The SMILES string of the molecule is CC(C)OC(=O)/C=C/n1cnc(Br)n1. The fourth-order valence-electron chi connectivity index (χ4n) is 0.734. The lowest BCUT2D eigenvalue weighted by Crippen LogP contribution is -2.08. The predicted octanol–water partition coefficient (Wildman–Crippen LogP) is 1.46. The lowest BCUT2D eigenvalue weighted by atomic mass is 10.5. The largest absolute Gasteiger partial charge is 0.460 e. The maximum Gasteiger partial charge on any atom is 0.332 e. The Labute approximate surface area is 89.9 Å². The van der Waals surface area contributed by atoms with Crippen molar-refractivity contribution in [3.8, 4) is 0 Å². The van der Waals surface area contributed by atoms with Crippen LogP contribution in [-0.2, 0) is 9.53 Å². The van der Waals surface area contributed by atoms with Crippen LogP contribution in [0.1, 0.15) is 13.8 Å². The maximum absolute atomic E-state index is 11.1. The summed E-state index contributed by atoms with van der Waals surface area (Å²) in [6, 6.07) is 0. The zero-order valence-corrected chi connectivity index (χ0v) is 9.43. The van der Waals surface area contributed by atoms with E-state index in [2.05, 4.69) is 26.0 Å². The molecule has 6 heteroatoms. The van der Waals surface area contributed by atoms with Crippen LogP contribution in [0.15, 0.2) is 17.1 Å². The summed E-state index contributed by atoms with van der Waals surface area (Å²) in [5.74, 6) is -0.397. The Balaban J connectivity index is 2.51. The van der Waals surface area contributed by atoms with E-state index < -0.39 is 5.97 Å². The number of ether oxygens (including phenoxy) is 1. The molecule has 14 heavy (non-hydrogen) atoms. The molecular weight excluding hydrogens is 250 g/mol. The van der Waals surface area contributed by atoms with Crippen molar-refractivity contribution in [2.45, 2.75) is 20.0 Å². The van der Waals surface area contributed by atoms with E-state index in [0.29, 0.717) is 4.73 Å². The molecule has 0 radical (unpaired) electrons. The second kappa shape index (κ2) is 4.90. The summed E-state index contributed by atoms with van der Waals surface area (Å²) in [6.07, 6.45) is 4.13. The third-order valence-corrected chi connectivity index (χ3v) is 1.56. The number of esters is 1. The van der Waals surface area contributed by atoms with Crippen LogP contribution < -0.4 is 0 Å². The molecule has 5 nitrogen and oxygen atoms in total. The monoisotopic (exact) mass is 259 g/mol. The maximum atomic E-state index is 11.1. The van der Waals surface area contributed by atoms with Gasteiger partial charge in [0, 0.05) is 12.3 Å². The number of halogens is 1. The quantitative estimate of drug-likeness (QED) is 0.609. The van der Waals surface area contributed by atoms with Crippen molar-refractivity contribution >= 4 is 28.1 Å². The highest BCUT2D eigenvalue weighted by molar-refractivity contribution is 9.10. The van der Waals surface area contributed by atoms with Crippen LogP contribution in [-0.4, -0.2) is 26.8 Å². The Kier molecular flexibility index (Phi) is 3.82. The van der Waals surface area contributed by atoms with E-state index in [1.54, 1.807) is 13.8 Å².